The summed E-state index contributed by atoms with van der Waals surface area (Å²) in [5.74, 6) is -2.24. The number of aliphatic carboxylic acids is 1. The van der Waals surface area contributed by atoms with Crippen molar-refractivity contribution in [3.8, 4) is 0 Å². The molecular weight excluding hydrogens is 278 g/mol. The van der Waals surface area contributed by atoms with Gasteiger partial charge < -0.3 is 10.4 Å². The van der Waals surface area contributed by atoms with Crippen molar-refractivity contribution in [2.45, 2.75) is 51.5 Å². The lowest BCUT2D eigenvalue weighted by molar-refractivity contribution is -0.150. The Morgan fingerprint density at radius 1 is 1.18 bits per heavy atom. The average Bonchev–Trinajstić information content (AvgIpc) is 2.48. The number of nitrogens with one attached hydrogen (secondary N) is 1. The zero-order valence-corrected chi connectivity index (χ0v) is 13.1. The first-order valence-corrected chi connectivity index (χ1v) is 8.15. The molecule has 2 atom stereocenters. The van der Waals surface area contributed by atoms with Crippen LogP contribution in [0.2, 0.25) is 0 Å². The van der Waals surface area contributed by atoms with E-state index in [9.17, 15) is 14.7 Å². The number of carboxylic acid groups (broad SMARTS) is 1. The standard InChI is InChI=1S/C18H25NO3/c1-13(12-14-8-4-2-5-9-14)19-17(20)16(18(21)22)15-10-6-3-7-11-15/h2,4-5,8-9,13,15-16H,3,6-7,10-12H2,1H3,(H,19,20)(H,21,22). The molecule has 0 saturated heterocycles. The molecule has 22 heavy (non-hydrogen) atoms. The SMILES string of the molecule is CC(Cc1ccccc1)NC(=O)C(C(=O)O)C1CCCCC1. The molecule has 1 saturated carbocycles. The topological polar surface area (TPSA) is 66.4 Å². The summed E-state index contributed by atoms with van der Waals surface area (Å²) in [5.41, 5.74) is 1.14. The summed E-state index contributed by atoms with van der Waals surface area (Å²) in [6, 6.07) is 9.84. The van der Waals surface area contributed by atoms with Crippen molar-refractivity contribution in [1.82, 2.24) is 5.32 Å². The lowest BCUT2D eigenvalue weighted by Gasteiger charge is -2.27. The first-order valence-electron chi connectivity index (χ1n) is 8.15. The van der Waals surface area contributed by atoms with Gasteiger partial charge in [-0.25, -0.2) is 0 Å². The smallest absolute Gasteiger partial charge is 0.316 e. The number of amides is 1. The molecule has 1 aromatic carbocycles. The third-order valence-corrected chi connectivity index (χ3v) is 4.44. The van der Waals surface area contributed by atoms with Crippen LogP contribution in [-0.4, -0.2) is 23.0 Å². The van der Waals surface area contributed by atoms with Crippen molar-refractivity contribution in [3.05, 3.63) is 35.9 Å². The van der Waals surface area contributed by atoms with Crippen molar-refractivity contribution in [2.24, 2.45) is 11.8 Å². The highest BCUT2D eigenvalue weighted by Crippen LogP contribution is 2.30. The van der Waals surface area contributed by atoms with Crippen molar-refractivity contribution in [1.29, 1.82) is 0 Å². The summed E-state index contributed by atoms with van der Waals surface area (Å²) < 4.78 is 0. The lowest BCUT2D eigenvalue weighted by Crippen LogP contribution is -2.44. The van der Waals surface area contributed by atoms with Gasteiger partial charge in [0, 0.05) is 6.04 Å². The van der Waals surface area contributed by atoms with Gasteiger partial charge in [0.2, 0.25) is 5.91 Å². The summed E-state index contributed by atoms with van der Waals surface area (Å²) in [7, 11) is 0. The van der Waals surface area contributed by atoms with Crippen LogP contribution >= 0.6 is 0 Å². The Kier molecular flexibility index (Phi) is 5.99. The van der Waals surface area contributed by atoms with Crippen LogP contribution in [0.1, 0.15) is 44.6 Å². The molecule has 2 N–H and O–H groups in total. The number of rotatable bonds is 6. The van der Waals surface area contributed by atoms with Crippen molar-refractivity contribution >= 4 is 11.9 Å². The number of carboxylic acids is 1. The Morgan fingerprint density at radius 3 is 2.41 bits per heavy atom. The van der Waals surface area contributed by atoms with E-state index in [0.717, 1.165) is 37.7 Å². The van der Waals surface area contributed by atoms with Gasteiger partial charge in [0.25, 0.3) is 0 Å². The van der Waals surface area contributed by atoms with E-state index in [2.05, 4.69) is 5.32 Å². The highest BCUT2D eigenvalue weighted by molar-refractivity contribution is 5.97. The van der Waals surface area contributed by atoms with Gasteiger partial charge in [-0.1, -0.05) is 49.6 Å². The Labute approximate surface area is 131 Å². The van der Waals surface area contributed by atoms with Crippen molar-refractivity contribution in [2.75, 3.05) is 0 Å². The van der Waals surface area contributed by atoms with Crippen molar-refractivity contribution in [3.63, 3.8) is 0 Å². The molecule has 0 aliphatic heterocycles. The van der Waals surface area contributed by atoms with E-state index in [1.807, 2.05) is 37.3 Å². The van der Waals surface area contributed by atoms with Gasteiger partial charge in [-0.2, -0.15) is 0 Å². The first kappa shape index (κ1) is 16.5. The third kappa shape index (κ3) is 4.58. The van der Waals surface area contributed by atoms with E-state index in [1.54, 1.807) is 0 Å². The maximum atomic E-state index is 12.4. The van der Waals surface area contributed by atoms with Crippen LogP contribution in [0.5, 0.6) is 0 Å². The predicted molar refractivity (Wildman–Crippen MR) is 85.5 cm³/mol. The minimum atomic E-state index is -0.990. The molecule has 4 heteroatoms. The van der Waals surface area contributed by atoms with Gasteiger partial charge in [-0.3, -0.25) is 9.59 Å². The highest BCUT2D eigenvalue weighted by atomic mass is 16.4. The number of benzene rings is 1. The fourth-order valence-electron chi connectivity index (χ4n) is 3.35. The van der Waals surface area contributed by atoms with Crippen molar-refractivity contribution < 1.29 is 14.7 Å². The molecule has 1 aromatic rings. The minimum Gasteiger partial charge on any atom is -0.481 e. The summed E-state index contributed by atoms with van der Waals surface area (Å²) >= 11 is 0. The molecular formula is C18H25NO3. The number of hydrogen-bond donors (Lipinski definition) is 2. The number of hydrogen-bond acceptors (Lipinski definition) is 2. The quantitative estimate of drug-likeness (QED) is 0.794. The number of carbonyl (C=O) groups excluding carboxylic acids is 1. The van der Waals surface area contributed by atoms with Gasteiger partial charge in [-0.15, -0.1) is 0 Å². The molecule has 2 rings (SSSR count). The van der Waals surface area contributed by atoms with E-state index < -0.39 is 11.9 Å². The molecule has 0 spiro atoms. The molecule has 4 nitrogen and oxygen atoms in total. The summed E-state index contributed by atoms with van der Waals surface area (Å²) in [6.07, 6.45) is 5.61. The van der Waals surface area contributed by atoms with E-state index in [4.69, 9.17) is 0 Å². The fraction of sp³-hybridized carbons (Fsp3) is 0.556. The summed E-state index contributed by atoms with van der Waals surface area (Å²) in [4.78, 5) is 23.9. The molecule has 0 aromatic heterocycles. The average molecular weight is 303 g/mol. The van der Waals surface area contributed by atoms with Gasteiger partial charge in [-0.05, 0) is 37.7 Å². The second-order valence-electron chi connectivity index (χ2n) is 6.31. The molecule has 1 aliphatic rings. The largest absolute Gasteiger partial charge is 0.481 e. The van der Waals surface area contributed by atoms with Crippen LogP contribution in [0.4, 0.5) is 0 Å². The zero-order valence-electron chi connectivity index (χ0n) is 13.1. The second-order valence-corrected chi connectivity index (χ2v) is 6.31. The normalized spacial score (nSPS) is 18.4. The van der Waals surface area contributed by atoms with Crippen LogP contribution in [0.15, 0.2) is 30.3 Å². The molecule has 2 unspecified atom stereocenters. The molecule has 0 bridgehead atoms. The van der Waals surface area contributed by atoms with E-state index in [-0.39, 0.29) is 17.9 Å². The van der Waals surface area contributed by atoms with E-state index >= 15 is 0 Å². The minimum absolute atomic E-state index is 0.0184. The zero-order chi connectivity index (χ0) is 15.9. The number of carbonyl (C=O) groups is 2. The summed E-state index contributed by atoms with van der Waals surface area (Å²) in [5, 5.41) is 12.3. The van der Waals surface area contributed by atoms with Gasteiger partial charge in [0.15, 0.2) is 0 Å². The Hall–Kier alpha value is -1.84. The molecule has 120 valence electrons. The molecule has 1 aliphatic carbocycles. The highest BCUT2D eigenvalue weighted by Gasteiger charge is 2.35. The van der Waals surface area contributed by atoms with E-state index in [1.165, 1.54) is 0 Å². The third-order valence-electron chi connectivity index (χ3n) is 4.44. The Balaban J connectivity index is 1.94. The molecule has 1 fully saturated rings. The Morgan fingerprint density at radius 2 is 1.82 bits per heavy atom. The summed E-state index contributed by atoms with van der Waals surface area (Å²) in [6.45, 7) is 1.92. The maximum Gasteiger partial charge on any atom is 0.316 e. The second kappa shape index (κ2) is 7.97. The molecule has 1 amide bonds. The van der Waals surface area contributed by atoms with Gasteiger partial charge in [0.05, 0.1) is 0 Å². The van der Waals surface area contributed by atoms with Crippen LogP contribution in [0, 0.1) is 11.8 Å². The van der Waals surface area contributed by atoms with Gasteiger partial charge in [0.1, 0.15) is 5.92 Å². The lowest BCUT2D eigenvalue weighted by atomic mass is 9.79. The fourth-order valence-corrected chi connectivity index (χ4v) is 3.35. The monoisotopic (exact) mass is 303 g/mol. The Bertz CT molecular complexity index is 494. The first-order chi connectivity index (χ1) is 10.6. The van der Waals surface area contributed by atoms with Crippen LogP contribution in [0.3, 0.4) is 0 Å². The van der Waals surface area contributed by atoms with E-state index in [0.29, 0.717) is 6.42 Å². The molecule has 0 heterocycles. The molecule has 0 radical (unpaired) electrons. The van der Waals surface area contributed by atoms with Crippen LogP contribution < -0.4 is 5.32 Å². The van der Waals surface area contributed by atoms with Crippen LogP contribution in [-0.2, 0) is 16.0 Å². The van der Waals surface area contributed by atoms with Crippen LogP contribution in [0.25, 0.3) is 0 Å². The maximum absolute atomic E-state index is 12.4. The van der Waals surface area contributed by atoms with Gasteiger partial charge >= 0.3 is 5.97 Å². The predicted octanol–water partition coefficient (Wildman–Crippen LogP) is 3.01.